The monoisotopic (exact) mass is 371 g/mol. The molecule has 1 aromatic heterocycles. The molecule has 3 aromatic rings. The van der Waals surface area contributed by atoms with Crippen LogP contribution in [-0.4, -0.2) is 38.0 Å². The maximum Gasteiger partial charge on any atom is 0.284 e. The third-order valence-corrected chi connectivity index (χ3v) is 4.52. The molecule has 0 spiro atoms. The number of nitro benzene ring substituents is 1. The maximum atomic E-state index is 11.5. The number of nitro groups is 1. The SMILES string of the molecule is COc1ccccc1-n1nnnc1Sc1ccc(C(C)=O)cc1[N+](=O)[O-]. The zero-order chi connectivity index (χ0) is 18.7. The summed E-state index contributed by atoms with van der Waals surface area (Å²) in [4.78, 5) is 22.7. The molecular formula is C16H13N5O4S. The lowest BCUT2D eigenvalue weighted by molar-refractivity contribution is -0.387. The number of rotatable bonds is 6. The molecule has 0 N–H and O–H groups in total. The fraction of sp³-hybridized carbons (Fsp3) is 0.125. The summed E-state index contributed by atoms with van der Waals surface area (Å²) in [5, 5.41) is 23.2. The molecule has 132 valence electrons. The van der Waals surface area contributed by atoms with Crippen molar-refractivity contribution in [1.29, 1.82) is 0 Å². The summed E-state index contributed by atoms with van der Waals surface area (Å²) in [5.41, 5.74) is 0.688. The first kappa shape index (κ1) is 17.5. The van der Waals surface area contributed by atoms with Crippen LogP contribution in [0.4, 0.5) is 5.69 Å². The van der Waals surface area contributed by atoms with Crippen molar-refractivity contribution < 1.29 is 14.5 Å². The van der Waals surface area contributed by atoms with E-state index in [1.54, 1.807) is 18.2 Å². The molecule has 0 saturated heterocycles. The minimum absolute atomic E-state index is 0.183. The zero-order valence-electron chi connectivity index (χ0n) is 13.8. The molecule has 0 aliphatic rings. The number of Topliss-reactive ketones (excluding diaryl/α,β-unsaturated/α-hetero) is 1. The molecule has 0 amide bonds. The van der Waals surface area contributed by atoms with Crippen LogP contribution in [0.15, 0.2) is 52.5 Å². The van der Waals surface area contributed by atoms with Crippen LogP contribution in [0.3, 0.4) is 0 Å². The largest absolute Gasteiger partial charge is 0.494 e. The molecule has 10 heteroatoms. The first-order chi connectivity index (χ1) is 12.5. The Bertz CT molecular complexity index is 988. The Morgan fingerprint density at radius 2 is 2.04 bits per heavy atom. The molecular weight excluding hydrogens is 358 g/mol. The van der Waals surface area contributed by atoms with Gasteiger partial charge in [0.25, 0.3) is 5.69 Å². The average Bonchev–Trinajstić information content (AvgIpc) is 3.09. The Hall–Kier alpha value is -3.27. The third kappa shape index (κ3) is 3.40. The standard InChI is InChI=1S/C16H13N5O4S/c1-10(22)11-7-8-15(13(9-11)21(23)24)26-16-17-18-19-20(16)12-5-3-4-6-14(12)25-2/h3-9H,1-2H3. The van der Waals surface area contributed by atoms with E-state index in [9.17, 15) is 14.9 Å². The number of hydrogen-bond acceptors (Lipinski definition) is 8. The number of carbonyl (C=O) groups excluding carboxylic acids is 1. The number of methoxy groups -OCH3 is 1. The highest BCUT2D eigenvalue weighted by Gasteiger charge is 2.21. The van der Waals surface area contributed by atoms with Gasteiger partial charge in [0.05, 0.1) is 16.9 Å². The van der Waals surface area contributed by atoms with Gasteiger partial charge in [-0.3, -0.25) is 14.9 Å². The lowest BCUT2D eigenvalue weighted by Crippen LogP contribution is -2.02. The van der Waals surface area contributed by atoms with Gasteiger partial charge in [0.15, 0.2) is 5.78 Å². The van der Waals surface area contributed by atoms with Gasteiger partial charge in [0, 0.05) is 11.6 Å². The minimum atomic E-state index is -0.536. The number of aromatic nitrogens is 4. The van der Waals surface area contributed by atoms with Crippen LogP contribution < -0.4 is 4.74 Å². The topological polar surface area (TPSA) is 113 Å². The van der Waals surface area contributed by atoms with Crippen molar-refractivity contribution in [2.75, 3.05) is 7.11 Å². The van der Waals surface area contributed by atoms with Crippen molar-refractivity contribution >= 4 is 23.2 Å². The van der Waals surface area contributed by atoms with Crippen LogP contribution in [0, 0.1) is 10.1 Å². The van der Waals surface area contributed by atoms with Gasteiger partial charge >= 0.3 is 0 Å². The molecule has 0 radical (unpaired) electrons. The quantitative estimate of drug-likeness (QED) is 0.369. The normalized spacial score (nSPS) is 10.5. The van der Waals surface area contributed by atoms with E-state index in [1.165, 1.54) is 36.9 Å². The highest BCUT2D eigenvalue weighted by Crippen LogP contribution is 2.36. The van der Waals surface area contributed by atoms with Crippen LogP contribution in [0.25, 0.3) is 5.69 Å². The van der Waals surface area contributed by atoms with Gasteiger partial charge in [-0.1, -0.05) is 12.1 Å². The van der Waals surface area contributed by atoms with E-state index in [-0.39, 0.29) is 17.0 Å². The average molecular weight is 371 g/mol. The van der Waals surface area contributed by atoms with Crippen LogP contribution in [0.5, 0.6) is 5.75 Å². The van der Waals surface area contributed by atoms with Crippen molar-refractivity contribution in [1.82, 2.24) is 20.2 Å². The number of benzene rings is 2. The van der Waals surface area contributed by atoms with Crippen molar-refractivity contribution in [3.8, 4) is 11.4 Å². The lowest BCUT2D eigenvalue weighted by atomic mass is 10.1. The Labute approximate surface area is 152 Å². The summed E-state index contributed by atoms with van der Waals surface area (Å²) in [6.07, 6.45) is 0. The van der Waals surface area contributed by atoms with Gasteiger partial charge in [-0.15, -0.1) is 5.10 Å². The van der Waals surface area contributed by atoms with E-state index in [1.807, 2.05) is 6.07 Å². The van der Waals surface area contributed by atoms with E-state index >= 15 is 0 Å². The first-order valence-electron chi connectivity index (χ1n) is 7.40. The summed E-state index contributed by atoms with van der Waals surface area (Å²) in [6.45, 7) is 1.36. The molecule has 1 heterocycles. The molecule has 26 heavy (non-hydrogen) atoms. The first-order valence-corrected chi connectivity index (χ1v) is 8.22. The predicted octanol–water partition coefficient (Wildman–Crippen LogP) is 2.93. The van der Waals surface area contributed by atoms with Crippen LogP contribution in [-0.2, 0) is 0 Å². The van der Waals surface area contributed by atoms with Crippen LogP contribution in [0.2, 0.25) is 0 Å². The fourth-order valence-electron chi connectivity index (χ4n) is 2.26. The number of hydrogen-bond donors (Lipinski definition) is 0. The van der Waals surface area contributed by atoms with E-state index in [0.717, 1.165) is 11.8 Å². The van der Waals surface area contributed by atoms with Crippen molar-refractivity contribution in [2.45, 2.75) is 17.0 Å². The molecule has 3 rings (SSSR count). The Kier molecular flexibility index (Phi) is 4.94. The molecule has 0 fully saturated rings. The number of nitrogens with zero attached hydrogens (tertiary/aromatic N) is 5. The van der Waals surface area contributed by atoms with Gasteiger partial charge in [0.1, 0.15) is 11.4 Å². The highest BCUT2D eigenvalue weighted by molar-refractivity contribution is 7.99. The molecule has 9 nitrogen and oxygen atoms in total. The molecule has 2 aromatic carbocycles. The van der Waals surface area contributed by atoms with Crippen molar-refractivity contribution in [2.24, 2.45) is 0 Å². The Morgan fingerprint density at radius 1 is 1.27 bits per heavy atom. The van der Waals surface area contributed by atoms with Crippen LogP contribution >= 0.6 is 11.8 Å². The predicted molar refractivity (Wildman–Crippen MR) is 92.9 cm³/mol. The summed E-state index contributed by atoms with van der Waals surface area (Å²) in [6, 6.07) is 11.4. The minimum Gasteiger partial charge on any atom is -0.494 e. The van der Waals surface area contributed by atoms with Gasteiger partial charge in [0.2, 0.25) is 5.16 Å². The van der Waals surface area contributed by atoms with E-state index in [0.29, 0.717) is 21.5 Å². The number of para-hydroxylation sites is 2. The second kappa shape index (κ2) is 7.31. The van der Waals surface area contributed by atoms with Crippen LogP contribution in [0.1, 0.15) is 17.3 Å². The van der Waals surface area contributed by atoms with Gasteiger partial charge in [-0.2, -0.15) is 4.68 Å². The van der Waals surface area contributed by atoms with Crippen molar-refractivity contribution in [3.05, 3.63) is 58.1 Å². The zero-order valence-corrected chi connectivity index (χ0v) is 14.6. The molecule has 0 atom stereocenters. The van der Waals surface area contributed by atoms with Crippen molar-refractivity contribution in [3.63, 3.8) is 0 Å². The van der Waals surface area contributed by atoms with Gasteiger partial charge in [-0.05, 0) is 53.4 Å². The molecule has 0 saturated carbocycles. The number of carbonyl (C=O) groups is 1. The van der Waals surface area contributed by atoms with E-state index in [4.69, 9.17) is 4.74 Å². The molecule has 0 aliphatic carbocycles. The third-order valence-electron chi connectivity index (χ3n) is 3.52. The van der Waals surface area contributed by atoms with Gasteiger partial charge < -0.3 is 4.74 Å². The molecule has 0 aliphatic heterocycles. The Balaban J connectivity index is 2.03. The smallest absolute Gasteiger partial charge is 0.284 e. The number of ether oxygens (including phenoxy) is 1. The van der Waals surface area contributed by atoms with E-state index < -0.39 is 4.92 Å². The maximum absolute atomic E-state index is 11.5. The fourth-order valence-corrected chi connectivity index (χ4v) is 3.13. The summed E-state index contributed by atoms with van der Waals surface area (Å²) in [7, 11) is 1.53. The summed E-state index contributed by atoms with van der Waals surface area (Å²) < 4.78 is 6.74. The van der Waals surface area contributed by atoms with E-state index in [2.05, 4.69) is 15.5 Å². The molecule has 0 unspecified atom stereocenters. The second-order valence-corrected chi connectivity index (χ2v) is 6.15. The number of tetrazole rings is 1. The number of ketones is 1. The second-order valence-electron chi connectivity index (χ2n) is 5.14. The Morgan fingerprint density at radius 3 is 2.73 bits per heavy atom. The lowest BCUT2D eigenvalue weighted by Gasteiger charge is -2.09. The molecule has 0 bridgehead atoms. The summed E-state index contributed by atoms with van der Waals surface area (Å²) >= 11 is 1.03. The van der Waals surface area contributed by atoms with Gasteiger partial charge in [-0.25, -0.2) is 0 Å². The summed E-state index contributed by atoms with van der Waals surface area (Å²) in [5.74, 6) is 0.312. The highest BCUT2D eigenvalue weighted by atomic mass is 32.2.